The second-order valence-corrected chi connectivity index (χ2v) is 6.00. The lowest BCUT2D eigenvalue weighted by molar-refractivity contribution is -0.143. The van der Waals surface area contributed by atoms with E-state index in [1.807, 2.05) is 11.8 Å². The van der Waals surface area contributed by atoms with Gasteiger partial charge in [-0.1, -0.05) is 0 Å². The van der Waals surface area contributed by atoms with Crippen molar-refractivity contribution < 1.29 is 9.53 Å². The number of ether oxygens (including phenoxy) is 1. The van der Waals surface area contributed by atoms with E-state index in [0.29, 0.717) is 13.2 Å². The fourth-order valence-corrected chi connectivity index (χ4v) is 2.91. The summed E-state index contributed by atoms with van der Waals surface area (Å²) in [5.74, 6) is 0.162. The predicted octanol–water partition coefficient (Wildman–Crippen LogP) is -0.0972. The maximum atomic E-state index is 12.7. The maximum absolute atomic E-state index is 12.7. The first-order valence-corrected chi connectivity index (χ1v) is 6.78. The Morgan fingerprint density at radius 3 is 2.78 bits per heavy atom. The summed E-state index contributed by atoms with van der Waals surface area (Å²) in [6, 6.07) is 0.0628. The van der Waals surface area contributed by atoms with Crippen LogP contribution in [-0.4, -0.2) is 67.7 Å². The summed E-state index contributed by atoms with van der Waals surface area (Å²) < 4.78 is 5.39. The molecule has 1 amide bonds. The molecule has 104 valence electrons. The van der Waals surface area contributed by atoms with Gasteiger partial charge in [-0.05, 0) is 33.9 Å². The Morgan fingerprint density at radius 1 is 1.44 bits per heavy atom. The summed E-state index contributed by atoms with van der Waals surface area (Å²) in [6.45, 7) is 7.80. The Balaban J connectivity index is 2.12. The first-order valence-electron chi connectivity index (χ1n) is 6.78. The van der Waals surface area contributed by atoms with Crippen molar-refractivity contribution in [2.24, 2.45) is 11.1 Å². The number of carbonyl (C=O) groups is 1. The summed E-state index contributed by atoms with van der Waals surface area (Å²) in [6.07, 6.45) is 1.03. The highest BCUT2D eigenvalue weighted by Crippen LogP contribution is 2.30. The molecular weight excluding hydrogens is 230 g/mol. The van der Waals surface area contributed by atoms with Crippen LogP contribution in [0, 0.1) is 5.41 Å². The monoisotopic (exact) mass is 255 g/mol. The third kappa shape index (κ3) is 2.39. The van der Waals surface area contributed by atoms with Gasteiger partial charge in [-0.25, -0.2) is 0 Å². The molecule has 2 N–H and O–H groups in total. The van der Waals surface area contributed by atoms with Gasteiger partial charge in [0, 0.05) is 25.2 Å². The second kappa shape index (κ2) is 5.15. The van der Waals surface area contributed by atoms with Crippen LogP contribution < -0.4 is 5.73 Å². The molecule has 5 heteroatoms. The molecule has 2 rings (SSSR count). The number of rotatable bonds is 1. The van der Waals surface area contributed by atoms with Gasteiger partial charge < -0.3 is 20.3 Å². The minimum absolute atomic E-state index is 0.162. The zero-order chi connectivity index (χ0) is 13.3. The van der Waals surface area contributed by atoms with E-state index in [-0.39, 0.29) is 18.0 Å². The molecule has 3 unspecified atom stereocenters. The van der Waals surface area contributed by atoms with Gasteiger partial charge >= 0.3 is 0 Å². The van der Waals surface area contributed by atoms with Gasteiger partial charge in [-0.2, -0.15) is 0 Å². The molecule has 0 aromatic carbocycles. The van der Waals surface area contributed by atoms with Crippen LogP contribution in [0.15, 0.2) is 0 Å². The number of nitrogens with two attached hydrogens (primary N) is 1. The van der Waals surface area contributed by atoms with Crippen LogP contribution in [0.1, 0.15) is 20.3 Å². The minimum atomic E-state index is -0.544. The molecule has 0 aromatic heterocycles. The molecule has 5 nitrogen and oxygen atoms in total. The largest absolute Gasteiger partial charge is 0.379 e. The smallest absolute Gasteiger partial charge is 0.232 e. The predicted molar refractivity (Wildman–Crippen MR) is 70.2 cm³/mol. The highest BCUT2D eigenvalue weighted by atomic mass is 16.5. The minimum Gasteiger partial charge on any atom is -0.379 e. The molecule has 18 heavy (non-hydrogen) atoms. The zero-order valence-electron chi connectivity index (χ0n) is 11.7. The second-order valence-electron chi connectivity index (χ2n) is 6.00. The number of likely N-dealkylation sites (N-methyl/N-ethyl adjacent to an activating group) is 1. The first kappa shape index (κ1) is 13.8. The fraction of sp³-hybridized carbons (Fsp3) is 0.923. The van der Waals surface area contributed by atoms with Gasteiger partial charge in [0.25, 0.3) is 0 Å². The van der Waals surface area contributed by atoms with Crippen molar-refractivity contribution in [3.63, 3.8) is 0 Å². The first-order chi connectivity index (χ1) is 8.45. The van der Waals surface area contributed by atoms with Crippen LogP contribution in [0.25, 0.3) is 0 Å². The number of hydrogen-bond acceptors (Lipinski definition) is 4. The van der Waals surface area contributed by atoms with Crippen LogP contribution >= 0.6 is 0 Å². The standard InChI is InChI=1S/C13H25N3O2/c1-10-7-15(3)5-4-6-16(10)12(17)13(2)9-18-8-11(13)14/h10-11H,4-9,14H2,1-3H3. The van der Waals surface area contributed by atoms with Crippen molar-refractivity contribution in [1.82, 2.24) is 9.80 Å². The van der Waals surface area contributed by atoms with Crippen molar-refractivity contribution >= 4 is 5.91 Å². The SMILES string of the molecule is CC1CN(C)CCCN1C(=O)C1(C)COCC1N. The normalized spacial score (nSPS) is 38.8. The van der Waals surface area contributed by atoms with Crippen LogP contribution in [0.3, 0.4) is 0 Å². The molecule has 0 aliphatic carbocycles. The van der Waals surface area contributed by atoms with Crippen LogP contribution in [0.4, 0.5) is 0 Å². The average molecular weight is 255 g/mol. The Bertz CT molecular complexity index is 323. The molecule has 0 aromatic rings. The highest BCUT2D eigenvalue weighted by Gasteiger charge is 2.47. The molecular formula is C13H25N3O2. The van der Waals surface area contributed by atoms with Gasteiger partial charge in [-0.15, -0.1) is 0 Å². The average Bonchev–Trinajstić information content (AvgIpc) is 2.56. The van der Waals surface area contributed by atoms with E-state index in [0.717, 1.165) is 26.1 Å². The van der Waals surface area contributed by atoms with Gasteiger partial charge in [-0.3, -0.25) is 4.79 Å². The van der Waals surface area contributed by atoms with Crippen LogP contribution in [-0.2, 0) is 9.53 Å². The van der Waals surface area contributed by atoms with E-state index in [9.17, 15) is 4.79 Å². The summed E-state index contributed by atoms with van der Waals surface area (Å²) in [5, 5.41) is 0. The Morgan fingerprint density at radius 2 is 2.17 bits per heavy atom. The lowest BCUT2D eigenvalue weighted by Gasteiger charge is -2.36. The Kier molecular flexibility index (Phi) is 3.94. The van der Waals surface area contributed by atoms with Crippen LogP contribution in [0.2, 0.25) is 0 Å². The Hall–Kier alpha value is -0.650. The molecule has 0 radical (unpaired) electrons. The molecule has 3 atom stereocenters. The summed E-state index contributed by atoms with van der Waals surface area (Å²) >= 11 is 0. The van der Waals surface area contributed by atoms with Gasteiger partial charge in [0.1, 0.15) is 0 Å². The molecule has 2 aliphatic heterocycles. The van der Waals surface area contributed by atoms with Crippen molar-refractivity contribution in [3.05, 3.63) is 0 Å². The van der Waals surface area contributed by atoms with Crippen molar-refractivity contribution in [1.29, 1.82) is 0 Å². The van der Waals surface area contributed by atoms with Crippen LogP contribution in [0.5, 0.6) is 0 Å². The van der Waals surface area contributed by atoms with Crippen molar-refractivity contribution in [2.75, 3.05) is 39.9 Å². The van der Waals surface area contributed by atoms with E-state index in [2.05, 4.69) is 18.9 Å². The summed E-state index contributed by atoms with van der Waals surface area (Å²) in [7, 11) is 2.11. The third-order valence-electron chi connectivity index (χ3n) is 4.31. The Labute approximate surface area is 109 Å². The molecule has 2 aliphatic rings. The van der Waals surface area contributed by atoms with E-state index >= 15 is 0 Å². The van der Waals surface area contributed by atoms with E-state index in [4.69, 9.17) is 10.5 Å². The summed E-state index contributed by atoms with van der Waals surface area (Å²) in [5.41, 5.74) is 5.51. The highest BCUT2D eigenvalue weighted by molar-refractivity contribution is 5.84. The summed E-state index contributed by atoms with van der Waals surface area (Å²) in [4.78, 5) is 17.0. The van der Waals surface area contributed by atoms with E-state index in [1.54, 1.807) is 0 Å². The lowest BCUT2D eigenvalue weighted by Crippen LogP contribution is -2.54. The maximum Gasteiger partial charge on any atom is 0.232 e. The van der Waals surface area contributed by atoms with Gasteiger partial charge in [0.05, 0.1) is 18.6 Å². The van der Waals surface area contributed by atoms with Crippen molar-refractivity contribution in [2.45, 2.75) is 32.4 Å². The lowest BCUT2D eigenvalue weighted by atomic mass is 9.84. The zero-order valence-corrected chi connectivity index (χ0v) is 11.7. The number of nitrogens with zero attached hydrogens (tertiary/aromatic N) is 2. The fourth-order valence-electron chi connectivity index (χ4n) is 2.91. The molecule has 2 saturated heterocycles. The quantitative estimate of drug-likeness (QED) is 0.711. The third-order valence-corrected chi connectivity index (χ3v) is 4.31. The number of amides is 1. The van der Waals surface area contributed by atoms with E-state index < -0.39 is 5.41 Å². The molecule has 0 bridgehead atoms. The van der Waals surface area contributed by atoms with Gasteiger partial charge in [0.15, 0.2) is 0 Å². The topological polar surface area (TPSA) is 58.8 Å². The molecule has 0 spiro atoms. The van der Waals surface area contributed by atoms with E-state index in [1.165, 1.54) is 0 Å². The molecule has 0 saturated carbocycles. The van der Waals surface area contributed by atoms with Crippen molar-refractivity contribution in [3.8, 4) is 0 Å². The van der Waals surface area contributed by atoms with Gasteiger partial charge in [0.2, 0.25) is 5.91 Å². The molecule has 2 fully saturated rings. The molecule has 2 heterocycles. The number of carbonyl (C=O) groups excluding carboxylic acids is 1. The number of hydrogen-bond donors (Lipinski definition) is 1.